The highest BCUT2D eigenvalue weighted by atomic mass is 16.5. The van der Waals surface area contributed by atoms with Gasteiger partial charge in [0, 0.05) is 29.3 Å². The van der Waals surface area contributed by atoms with Gasteiger partial charge in [0.2, 0.25) is 0 Å². The van der Waals surface area contributed by atoms with Gasteiger partial charge in [0.05, 0.1) is 14.2 Å². The summed E-state index contributed by atoms with van der Waals surface area (Å²) >= 11 is 0. The summed E-state index contributed by atoms with van der Waals surface area (Å²) in [5.41, 5.74) is 9.71. The third kappa shape index (κ3) is 4.70. The Balaban J connectivity index is 2.11. The standard InChI is InChI=1S/C26H30N2O4/c1-15(2)20-13-21(23(30)14-22(20)29)26(28)24(16-5-9-18(31-3)10-6-16)25(27)17-7-11-19(32-4)12-8-17/h5-15,24,26-27,29-30H,28H2,1-4H3. The molecule has 0 saturated heterocycles. The van der Waals surface area contributed by atoms with Gasteiger partial charge in [-0.3, -0.25) is 0 Å². The SMILES string of the molecule is COc1ccc(C(=N)C(c2ccc(OC)cc2)C(N)c2cc(C(C)C)c(O)cc2O)cc1. The summed E-state index contributed by atoms with van der Waals surface area (Å²) in [5.74, 6) is 0.822. The Morgan fingerprint density at radius 2 is 1.31 bits per heavy atom. The van der Waals surface area contributed by atoms with E-state index in [4.69, 9.17) is 20.6 Å². The summed E-state index contributed by atoms with van der Waals surface area (Å²) in [7, 11) is 3.19. The fourth-order valence-corrected chi connectivity index (χ4v) is 3.84. The summed E-state index contributed by atoms with van der Waals surface area (Å²) in [6.45, 7) is 3.92. The lowest BCUT2D eigenvalue weighted by molar-refractivity contribution is 0.414. The maximum Gasteiger partial charge on any atom is 0.124 e. The van der Waals surface area contributed by atoms with E-state index in [0.717, 1.165) is 5.56 Å². The first-order chi connectivity index (χ1) is 15.3. The predicted octanol–water partition coefficient (Wildman–Crippen LogP) is 5.09. The normalized spacial score (nSPS) is 12.9. The molecule has 0 aliphatic rings. The van der Waals surface area contributed by atoms with E-state index in [1.54, 1.807) is 32.4 Å². The molecule has 2 unspecified atom stereocenters. The Morgan fingerprint density at radius 1 is 0.812 bits per heavy atom. The summed E-state index contributed by atoms with van der Waals surface area (Å²) < 4.78 is 10.5. The molecule has 3 aromatic carbocycles. The van der Waals surface area contributed by atoms with E-state index in [-0.39, 0.29) is 17.4 Å². The topological polar surface area (TPSA) is 109 Å². The first kappa shape index (κ1) is 23.2. The molecular weight excluding hydrogens is 404 g/mol. The molecular formula is C26H30N2O4. The van der Waals surface area contributed by atoms with E-state index < -0.39 is 12.0 Å². The minimum atomic E-state index is -0.726. The van der Waals surface area contributed by atoms with Crippen molar-refractivity contribution in [3.63, 3.8) is 0 Å². The molecule has 32 heavy (non-hydrogen) atoms. The van der Waals surface area contributed by atoms with Crippen LogP contribution >= 0.6 is 0 Å². The molecule has 0 aliphatic carbocycles. The highest BCUT2D eigenvalue weighted by Gasteiger charge is 2.29. The molecule has 5 N–H and O–H groups in total. The van der Waals surface area contributed by atoms with Crippen LogP contribution in [0.4, 0.5) is 0 Å². The zero-order chi connectivity index (χ0) is 23.4. The molecule has 0 radical (unpaired) electrons. The number of ether oxygens (including phenoxy) is 2. The highest BCUT2D eigenvalue weighted by molar-refractivity contribution is 6.03. The number of benzene rings is 3. The molecule has 0 saturated carbocycles. The van der Waals surface area contributed by atoms with Gasteiger partial charge in [0.25, 0.3) is 0 Å². The third-order valence-corrected chi connectivity index (χ3v) is 5.70. The Bertz CT molecular complexity index is 1080. The van der Waals surface area contributed by atoms with Crippen LogP contribution in [0.3, 0.4) is 0 Å². The Hall–Kier alpha value is -3.51. The van der Waals surface area contributed by atoms with E-state index in [1.807, 2.05) is 50.2 Å². The number of nitrogens with one attached hydrogen (secondary N) is 1. The van der Waals surface area contributed by atoms with Crippen molar-refractivity contribution in [2.24, 2.45) is 5.73 Å². The summed E-state index contributed by atoms with van der Waals surface area (Å²) in [5, 5.41) is 29.9. The first-order valence-electron chi connectivity index (χ1n) is 10.4. The van der Waals surface area contributed by atoms with Gasteiger partial charge in [-0.25, -0.2) is 0 Å². The van der Waals surface area contributed by atoms with Gasteiger partial charge in [-0.2, -0.15) is 0 Å². The van der Waals surface area contributed by atoms with Crippen molar-refractivity contribution >= 4 is 5.71 Å². The van der Waals surface area contributed by atoms with Gasteiger partial charge in [-0.1, -0.05) is 26.0 Å². The van der Waals surface area contributed by atoms with Crippen molar-refractivity contribution in [3.8, 4) is 23.0 Å². The number of aromatic hydroxyl groups is 2. The molecule has 0 amide bonds. The van der Waals surface area contributed by atoms with Gasteiger partial charge >= 0.3 is 0 Å². The number of rotatable bonds is 8. The van der Waals surface area contributed by atoms with E-state index in [2.05, 4.69) is 0 Å². The molecule has 3 rings (SSSR count). The largest absolute Gasteiger partial charge is 0.508 e. The second kappa shape index (κ2) is 9.75. The lowest BCUT2D eigenvalue weighted by Crippen LogP contribution is -2.27. The average molecular weight is 435 g/mol. The van der Waals surface area contributed by atoms with Gasteiger partial charge in [0.15, 0.2) is 0 Å². The smallest absolute Gasteiger partial charge is 0.124 e. The number of hydrogen-bond donors (Lipinski definition) is 4. The lowest BCUT2D eigenvalue weighted by Gasteiger charge is -2.27. The fraction of sp³-hybridized carbons (Fsp3) is 0.269. The molecule has 0 heterocycles. The second-order valence-corrected chi connectivity index (χ2v) is 8.04. The van der Waals surface area contributed by atoms with Crippen molar-refractivity contribution in [1.82, 2.24) is 0 Å². The molecule has 0 aliphatic heterocycles. The van der Waals surface area contributed by atoms with Crippen LogP contribution in [0.25, 0.3) is 0 Å². The van der Waals surface area contributed by atoms with Crippen molar-refractivity contribution in [3.05, 3.63) is 82.9 Å². The van der Waals surface area contributed by atoms with Gasteiger partial charge in [-0.15, -0.1) is 0 Å². The number of nitrogens with two attached hydrogens (primary N) is 1. The molecule has 3 aromatic rings. The van der Waals surface area contributed by atoms with E-state index in [0.29, 0.717) is 33.9 Å². The lowest BCUT2D eigenvalue weighted by atomic mass is 9.80. The summed E-state index contributed by atoms with van der Waals surface area (Å²) in [6.07, 6.45) is 0. The van der Waals surface area contributed by atoms with Crippen LogP contribution < -0.4 is 15.2 Å². The van der Waals surface area contributed by atoms with Crippen LogP contribution in [0, 0.1) is 5.41 Å². The van der Waals surface area contributed by atoms with Crippen LogP contribution in [0.2, 0.25) is 0 Å². The van der Waals surface area contributed by atoms with Crippen molar-refractivity contribution in [2.75, 3.05) is 14.2 Å². The predicted molar refractivity (Wildman–Crippen MR) is 126 cm³/mol. The number of hydrogen-bond acceptors (Lipinski definition) is 6. The van der Waals surface area contributed by atoms with Crippen molar-refractivity contribution in [1.29, 1.82) is 5.41 Å². The second-order valence-electron chi connectivity index (χ2n) is 8.04. The molecule has 0 fully saturated rings. The fourth-order valence-electron chi connectivity index (χ4n) is 3.84. The Morgan fingerprint density at radius 3 is 1.81 bits per heavy atom. The zero-order valence-corrected chi connectivity index (χ0v) is 18.8. The Kier molecular flexibility index (Phi) is 7.05. The number of methoxy groups -OCH3 is 2. The molecule has 0 spiro atoms. The van der Waals surface area contributed by atoms with E-state index in [1.165, 1.54) is 6.07 Å². The van der Waals surface area contributed by atoms with Gasteiger partial charge in [-0.05, 0) is 65.1 Å². The molecule has 6 nitrogen and oxygen atoms in total. The monoisotopic (exact) mass is 434 g/mol. The molecule has 168 valence electrons. The van der Waals surface area contributed by atoms with E-state index in [9.17, 15) is 10.2 Å². The maximum absolute atomic E-state index is 10.6. The van der Waals surface area contributed by atoms with E-state index >= 15 is 0 Å². The number of phenols is 2. The maximum atomic E-state index is 10.6. The quantitative estimate of drug-likeness (QED) is 0.369. The average Bonchev–Trinajstić information content (AvgIpc) is 2.79. The first-order valence-corrected chi connectivity index (χ1v) is 10.4. The molecule has 0 bridgehead atoms. The minimum absolute atomic E-state index is 0.0275. The van der Waals surface area contributed by atoms with Gasteiger partial charge < -0.3 is 30.8 Å². The number of phenolic OH excluding ortho intramolecular Hbond substituents is 2. The summed E-state index contributed by atoms with van der Waals surface area (Å²) in [6, 6.07) is 17.0. The van der Waals surface area contributed by atoms with Crippen molar-refractivity contribution < 1.29 is 19.7 Å². The van der Waals surface area contributed by atoms with Crippen molar-refractivity contribution in [2.45, 2.75) is 31.7 Å². The summed E-state index contributed by atoms with van der Waals surface area (Å²) in [4.78, 5) is 0. The zero-order valence-electron chi connectivity index (χ0n) is 18.8. The molecule has 0 aromatic heterocycles. The van der Waals surface area contributed by atoms with Crippen LogP contribution in [0.1, 0.15) is 54.0 Å². The molecule has 2 atom stereocenters. The van der Waals surface area contributed by atoms with Gasteiger partial charge in [0.1, 0.15) is 23.0 Å². The van der Waals surface area contributed by atoms with Crippen LogP contribution in [-0.2, 0) is 0 Å². The van der Waals surface area contributed by atoms with Crippen LogP contribution in [0.15, 0.2) is 60.7 Å². The molecule has 6 heteroatoms. The Labute approximate surface area is 188 Å². The van der Waals surface area contributed by atoms with Crippen LogP contribution in [0.5, 0.6) is 23.0 Å². The minimum Gasteiger partial charge on any atom is -0.508 e. The highest BCUT2D eigenvalue weighted by Crippen LogP contribution is 2.40. The van der Waals surface area contributed by atoms with Crippen LogP contribution in [-0.4, -0.2) is 30.1 Å². The third-order valence-electron chi connectivity index (χ3n) is 5.70.